The molecule has 0 heterocycles. The minimum atomic E-state index is -0.839. The molecule has 120 valence electrons. The molecule has 0 aromatic heterocycles. The Hall–Kier alpha value is -2.57. The van der Waals surface area contributed by atoms with Crippen molar-refractivity contribution in [2.24, 2.45) is 5.92 Å². The fourth-order valence-corrected chi connectivity index (χ4v) is 1.54. The van der Waals surface area contributed by atoms with Crippen LogP contribution < -0.4 is 10.6 Å². The van der Waals surface area contributed by atoms with Crippen molar-refractivity contribution in [1.82, 2.24) is 10.6 Å². The zero-order valence-electron chi connectivity index (χ0n) is 12.6. The van der Waals surface area contributed by atoms with Crippen LogP contribution in [-0.2, 0) is 9.53 Å². The van der Waals surface area contributed by atoms with E-state index in [9.17, 15) is 19.5 Å². The van der Waals surface area contributed by atoms with Gasteiger partial charge in [0, 0.05) is 6.54 Å². The second-order valence-electron chi connectivity index (χ2n) is 5.08. The maximum Gasteiger partial charge on any atom is 0.342 e. The number of carbonyl (C=O) groups excluding carboxylic acids is 3. The summed E-state index contributed by atoms with van der Waals surface area (Å²) in [5.74, 6) is -1.38. The highest BCUT2D eigenvalue weighted by molar-refractivity contribution is 5.97. The smallest absolute Gasteiger partial charge is 0.342 e. The van der Waals surface area contributed by atoms with Crippen LogP contribution in [0.1, 0.15) is 30.6 Å². The van der Waals surface area contributed by atoms with E-state index in [0.717, 1.165) is 6.42 Å². The van der Waals surface area contributed by atoms with E-state index >= 15 is 0 Å². The van der Waals surface area contributed by atoms with Crippen LogP contribution in [0.25, 0.3) is 0 Å². The number of phenols is 1. The van der Waals surface area contributed by atoms with Gasteiger partial charge in [-0.1, -0.05) is 26.0 Å². The van der Waals surface area contributed by atoms with Gasteiger partial charge < -0.3 is 15.2 Å². The highest BCUT2D eigenvalue weighted by Gasteiger charge is 2.14. The zero-order chi connectivity index (χ0) is 16.5. The first-order chi connectivity index (χ1) is 10.4. The predicted molar refractivity (Wildman–Crippen MR) is 79.4 cm³/mol. The fourth-order valence-electron chi connectivity index (χ4n) is 1.54. The summed E-state index contributed by atoms with van der Waals surface area (Å²) in [5.41, 5.74) is -0.0447. The molecule has 7 heteroatoms. The third-order valence-corrected chi connectivity index (χ3v) is 2.72. The standard InChI is InChI=1S/C15H20N2O5/c1-10(2)7-8-16-15(21)17-13(19)9-22-14(20)11-5-3-4-6-12(11)18/h3-6,10,18H,7-9H2,1-2H3,(H2,16,17,19,21). The lowest BCUT2D eigenvalue weighted by Gasteiger charge is -2.09. The first-order valence-corrected chi connectivity index (χ1v) is 6.93. The van der Waals surface area contributed by atoms with Gasteiger partial charge in [-0.15, -0.1) is 0 Å². The molecule has 0 bridgehead atoms. The number of para-hydroxylation sites is 1. The summed E-state index contributed by atoms with van der Waals surface area (Å²) < 4.78 is 4.72. The summed E-state index contributed by atoms with van der Waals surface area (Å²) in [7, 11) is 0. The molecule has 0 atom stereocenters. The normalized spacial score (nSPS) is 10.1. The molecular formula is C15H20N2O5. The maximum atomic E-state index is 11.6. The average molecular weight is 308 g/mol. The summed E-state index contributed by atoms with van der Waals surface area (Å²) in [6.07, 6.45) is 0.796. The van der Waals surface area contributed by atoms with Gasteiger partial charge in [0.2, 0.25) is 0 Å². The lowest BCUT2D eigenvalue weighted by Crippen LogP contribution is -2.41. The van der Waals surface area contributed by atoms with E-state index in [0.29, 0.717) is 12.5 Å². The number of amides is 3. The monoisotopic (exact) mass is 308 g/mol. The molecule has 0 aliphatic carbocycles. The second kappa shape index (κ2) is 8.66. The van der Waals surface area contributed by atoms with Crippen molar-refractivity contribution in [2.75, 3.05) is 13.2 Å². The molecule has 0 spiro atoms. The van der Waals surface area contributed by atoms with Crippen LogP contribution in [0.5, 0.6) is 5.75 Å². The number of carbonyl (C=O) groups is 3. The minimum Gasteiger partial charge on any atom is -0.507 e. The lowest BCUT2D eigenvalue weighted by atomic mass is 10.1. The van der Waals surface area contributed by atoms with E-state index in [2.05, 4.69) is 5.32 Å². The van der Waals surface area contributed by atoms with E-state index < -0.39 is 24.5 Å². The van der Waals surface area contributed by atoms with Crippen molar-refractivity contribution in [3.63, 3.8) is 0 Å². The number of urea groups is 1. The van der Waals surface area contributed by atoms with Crippen molar-refractivity contribution >= 4 is 17.9 Å². The Bertz CT molecular complexity index is 542. The van der Waals surface area contributed by atoms with Crippen LogP contribution in [0.4, 0.5) is 4.79 Å². The van der Waals surface area contributed by atoms with E-state index in [1.807, 2.05) is 19.2 Å². The molecule has 7 nitrogen and oxygen atoms in total. The lowest BCUT2D eigenvalue weighted by molar-refractivity contribution is -0.123. The van der Waals surface area contributed by atoms with Crippen molar-refractivity contribution in [2.45, 2.75) is 20.3 Å². The van der Waals surface area contributed by atoms with Crippen LogP contribution >= 0.6 is 0 Å². The molecular weight excluding hydrogens is 288 g/mol. The Labute approximate surface area is 128 Å². The number of esters is 1. The first-order valence-electron chi connectivity index (χ1n) is 6.93. The van der Waals surface area contributed by atoms with E-state index in [1.54, 1.807) is 12.1 Å². The van der Waals surface area contributed by atoms with Gasteiger partial charge in [0.25, 0.3) is 5.91 Å². The van der Waals surface area contributed by atoms with Gasteiger partial charge in [-0.25, -0.2) is 9.59 Å². The van der Waals surface area contributed by atoms with Gasteiger partial charge in [0.05, 0.1) is 0 Å². The SMILES string of the molecule is CC(C)CCNC(=O)NC(=O)COC(=O)c1ccccc1O. The van der Waals surface area contributed by atoms with Gasteiger partial charge in [0.1, 0.15) is 11.3 Å². The number of imide groups is 1. The van der Waals surface area contributed by atoms with Gasteiger partial charge in [-0.2, -0.15) is 0 Å². The van der Waals surface area contributed by atoms with E-state index in [4.69, 9.17) is 4.74 Å². The third kappa shape index (κ3) is 6.25. The molecule has 0 aliphatic heterocycles. The number of rotatable bonds is 6. The topological polar surface area (TPSA) is 105 Å². The number of nitrogens with one attached hydrogen (secondary N) is 2. The largest absolute Gasteiger partial charge is 0.507 e. The molecule has 1 aromatic rings. The number of ether oxygens (including phenoxy) is 1. The Kier molecular flexibility index (Phi) is 6.88. The number of aromatic hydroxyl groups is 1. The van der Waals surface area contributed by atoms with E-state index in [-0.39, 0.29) is 11.3 Å². The molecule has 0 saturated heterocycles. The molecule has 0 fully saturated rings. The Morgan fingerprint density at radius 3 is 2.55 bits per heavy atom. The number of hydrogen-bond donors (Lipinski definition) is 3. The van der Waals surface area contributed by atoms with Crippen LogP contribution in [0.2, 0.25) is 0 Å². The molecule has 22 heavy (non-hydrogen) atoms. The highest BCUT2D eigenvalue weighted by Crippen LogP contribution is 2.16. The maximum absolute atomic E-state index is 11.6. The van der Waals surface area contributed by atoms with Crippen LogP contribution in [-0.4, -0.2) is 36.2 Å². The zero-order valence-corrected chi connectivity index (χ0v) is 12.6. The summed E-state index contributed by atoms with van der Waals surface area (Å²) in [5, 5.41) is 14.0. The minimum absolute atomic E-state index is 0.0447. The first kappa shape index (κ1) is 17.5. The molecule has 0 saturated carbocycles. The third-order valence-electron chi connectivity index (χ3n) is 2.72. The van der Waals surface area contributed by atoms with Crippen LogP contribution in [0.15, 0.2) is 24.3 Å². The number of phenolic OH excluding ortho intramolecular Hbond substituents is 1. The fraction of sp³-hybridized carbons (Fsp3) is 0.400. The van der Waals surface area contributed by atoms with Gasteiger partial charge in [-0.3, -0.25) is 10.1 Å². The summed E-state index contributed by atoms with van der Waals surface area (Å²) in [4.78, 5) is 34.5. The number of hydrogen-bond acceptors (Lipinski definition) is 5. The average Bonchev–Trinajstić information content (AvgIpc) is 2.44. The van der Waals surface area contributed by atoms with Gasteiger partial charge >= 0.3 is 12.0 Å². The van der Waals surface area contributed by atoms with Gasteiger partial charge in [-0.05, 0) is 24.5 Å². The number of benzene rings is 1. The summed E-state index contributed by atoms with van der Waals surface area (Å²) in [6, 6.07) is 5.18. The van der Waals surface area contributed by atoms with Crippen molar-refractivity contribution < 1.29 is 24.2 Å². The Morgan fingerprint density at radius 1 is 1.23 bits per heavy atom. The quantitative estimate of drug-likeness (QED) is 0.689. The van der Waals surface area contributed by atoms with Crippen LogP contribution in [0, 0.1) is 5.92 Å². The molecule has 1 rings (SSSR count). The second-order valence-corrected chi connectivity index (χ2v) is 5.08. The van der Waals surface area contributed by atoms with Crippen molar-refractivity contribution in [3.05, 3.63) is 29.8 Å². The molecule has 3 N–H and O–H groups in total. The molecule has 0 unspecified atom stereocenters. The van der Waals surface area contributed by atoms with Crippen molar-refractivity contribution in [3.8, 4) is 5.75 Å². The summed E-state index contributed by atoms with van der Waals surface area (Å²) >= 11 is 0. The van der Waals surface area contributed by atoms with Crippen LogP contribution in [0.3, 0.4) is 0 Å². The molecule has 1 aromatic carbocycles. The predicted octanol–water partition coefficient (Wildman–Crippen LogP) is 1.42. The molecule has 0 radical (unpaired) electrons. The van der Waals surface area contributed by atoms with Crippen molar-refractivity contribution in [1.29, 1.82) is 0 Å². The highest BCUT2D eigenvalue weighted by atomic mass is 16.5. The summed E-state index contributed by atoms with van der Waals surface area (Å²) in [6.45, 7) is 3.88. The van der Waals surface area contributed by atoms with E-state index in [1.165, 1.54) is 12.1 Å². The Morgan fingerprint density at radius 2 is 1.91 bits per heavy atom. The Balaban J connectivity index is 2.32. The molecule has 3 amide bonds. The molecule has 0 aliphatic rings. The van der Waals surface area contributed by atoms with Gasteiger partial charge in [0.15, 0.2) is 6.61 Å².